The van der Waals surface area contributed by atoms with E-state index in [4.69, 9.17) is 4.74 Å². The highest BCUT2D eigenvalue weighted by Gasteiger charge is 2.23. The van der Waals surface area contributed by atoms with Gasteiger partial charge >= 0.3 is 0 Å². The second-order valence-corrected chi connectivity index (χ2v) is 4.38. The van der Waals surface area contributed by atoms with Crippen LogP contribution in [0.5, 0.6) is 0 Å². The Morgan fingerprint density at radius 3 is 2.60 bits per heavy atom. The third-order valence-corrected chi connectivity index (χ3v) is 2.98. The predicted molar refractivity (Wildman–Crippen MR) is 77.4 cm³/mol. The average Bonchev–Trinajstić information content (AvgIpc) is 2.50. The van der Waals surface area contributed by atoms with Gasteiger partial charge in [0.1, 0.15) is 5.92 Å². The molecule has 0 bridgehead atoms. The van der Waals surface area contributed by atoms with Crippen LogP contribution < -0.4 is 5.32 Å². The Kier molecular flexibility index (Phi) is 5.26. The topological polar surface area (TPSA) is 51.2 Å². The minimum Gasteiger partial charge on any atom is -0.383 e. The number of pyridine rings is 1. The SMILES string of the molecule is COCCNC(=O)C(c1ccccc1)c1ccccn1. The van der Waals surface area contributed by atoms with Crippen molar-refractivity contribution in [3.05, 3.63) is 66.0 Å². The number of rotatable bonds is 6. The van der Waals surface area contributed by atoms with Crippen molar-refractivity contribution in [3.8, 4) is 0 Å². The molecule has 2 rings (SSSR count). The molecule has 1 aromatic carbocycles. The van der Waals surface area contributed by atoms with Crippen molar-refractivity contribution in [3.63, 3.8) is 0 Å². The number of benzene rings is 1. The van der Waals surface area contributed by atoms with Crippen molar-refractivity contribution < 1.29 is 9.53 Å². The number of amides is 1. The van der Waals surface area contributed by atoms with E-state index in [2.05, 4.69) is 10.3 Å². The Morgan fingerprint density at radius 1 is 1.20 bits per heavy atom. The zero-order valence-corrected chi connectivity index (χ0v) is 11.5. The molecule has 0 aliphatic rings. The molecule has 0 saturated carbocycles. The van der Waals surface area contributed by atoms with Gasteiger partial charge in [-0.05, 0) is 17.7 Å². The fraction of sp³-hybridized carbons (Fsp3) is 0.250. The molecule has 104 valence electrons. The van der Waals surface area contributed by atoms with E-state index in [0.29, 0.717) is 13.2 Å². The van der Waals surface area contributed by atoms with Crippen molar-refractivity contribution in [1.29, 1.82) is 0 Å². The van der Waals surface area contributed by atoms with Gasteiger partial charge in [-0.3, -0.25) is 9.78 Å². The second-order valence-electron chi connectivity index (χ2n) is 4.38. The average molecular weight is 270 g/mol. The van der Waals surface area contributed by atoms with Gasteiger partial charge in [0.2, 0.25) is 5.91 Å². The minimum absolute atomic E-state index is 0.0630. The van der Waals surface area contributed by atoms with Gasteiger partial charge in [-0.25, -0.2) is 0 Å². The molecule has 20 heavy (non-hydrogen) atoms. The van der Waals surface area contributed by atoms with E-state index >= 15 is 0 Å². The number of hydrogen-bond donors (Lipinski definition) is 1. The van der Waals surface area contributed by atoms with Crippen LogP contribution in [0.25, 0.3) is 0 Å². The lowest BCUT2D eigenvalue weighted by Crippen LogP contribution is -2.32. The van der Waals surface area contributed by atoms with E-state index in [1.165, 1.54) is 0 Å². The van der Waals surface area contributed by atoms with Crippen LogP contribution in [0.3, 0.4) is 0 Å². The summed E-state index contributed by atoms with van der Waals surface area (Å²) in [5, 5.41) is 2.88. The molecule has 1 N–H and O–H groups in total. The van der Waals surface area contributed by atoms with Crippen LogP contribution >= 0.6 is 0 Å². The van der Waals surface area contributed by atoms with Crippen LogP contribution in [0.2, 0.25) is 0 Å². The number of aromatic nitrogens is 1. The monoisotopic (exact) mass is 270 g/mol. The lowest BCUT2D eigenvalue weighted by atomic mass is 9.94. The van der Waals surface area contributed by atoms with Crippen LogP contribution in [0, 0.1) is 0 Å². The molecule has 0 aliphatic carbocycles. The number of ether oxygens (including phenoxy) is 1. The standard InChI is InChI=1S/C16H18N2O2/c1-20-12-11-18-16(19)15(13-7-3-2-4-8-13)14-9-5-6-10-17-14/h2-10,15H,11-12H2,1H3,(H,18,19). The summed E-state index contributed by atoms with van der Waals surface area (Å²) < 4.78 is 4.95. The summed E-state index contributed by atoms with van der Waals surface area (Å²) in [5.74, 6) is -0.457. The molecular weight excluding hydrogens is 252 g/mol. The number of methoxy groups -OCH3 is 1. The smallest absolute Gasteiger partial charge is 0.233 e. The Bertz CT molecular complexity index is 489. The van der Waals surface area contributed by atoms with Crippen molar-refractivity contribution in [2.45, 2.75) is 5.92 Å². The number of carbonyl (C=O) groups excluding carboxylic acids is 1. The van der Waals surface area contributed by atoms with E-state index in [-0.39, 0.29) is 5.91 Å². The molecular formula is C16H18N2O2. The molecule has 1 amide bonds. The van der Waals surface area contributed by atoms with E-state index in [0.717, 1.165) is 11.3 Å². The van der Waals surface area contributed by atoms with Crippen LogP contribution in [0.4, 0.5) is 0 Å². The summed E-state index contributed by atoms with van der Waals surface area (Å²) in [7, 11) is 1.61. The lowest BCUT2D eigenvalue weighted by molar-refractivity contribution is -0.121. The van der Waals surface area contributed by atoms with Crippen molar-refractivity contribution in [2.75, 3.05) is 20.3 Å². The van der Waals surface area contributed by atoms with E-state index in [9.17, 15) is 4.79 Å². The maximum Gasteiger partial charge on any atom is 0.233 e. The van der Waals surface area contributed by atoms with Crippen molar-refractivity contribution in [1.82, 2.24) is 10.3 Å². The highest BCUT2D eigenvalue weighted by Crippen LogP contribution is 2.22. The summed E-state index contributed by atoms with van der Waals surface area (Å²) in [4.78, 5) is 16.7. The van der Waals surface area contributed by atoms with Gasteiger partial charge in [0.05, 0.1) is 12.3 Å². The molecule has 4 nitrogen and oxygen atoms in total. The third-order valence-electron chi connectivity index (χ3n) is 2.98. The normalized spacial score (nSPS) is 11.8. The van der Waals surface area contributed by atoms with Gasteiger partial charge in [-0.2, -0.15) is 0 Å². The largest absolute Gasteiger partial charge is 0.383 e. The fourth-order valence-electron chi connectivity index (χ4n) is 2.03. The first-order valence-corrected chi connectivity index (χ1v) is 6.55. The molecule has 0 saturated heterocycles. The molecule has 1 heterocycles. The molecule has 0 radical (unpaired) electrons. The molecule has 2 aromatic rings. The first-order valence-electron chi connectivity index (χ1n) is 6.55. The van der Waals surface area contributed by atoms with Crippen molar-refractivity contribution in [2.24, 2.45) is 0 Å². The molecule has 0 aliphatic heterocycles. The summed E-state index contributed by atoms with van der Waals surface area (Å²) in [5.41, 5.74) is 1.68. The highest BCUT2D eigenvalue weighted by atomic mass is 16.5. The summed E-state index contributed by atoms with van der Waals surface area (Å²) in [6.45, 7) is 0.987. The lowest BCUT2D eigenvalue weighted by Gasteiger charge is -2.16. The second kappa shape index (κ2) is 7.40. The van der Waals surface area contributed by atoms with E-state index in [1.54, 1.807) is 13.3 Å². The van der Waals surface area contributed by atoms with Gasteiger partial charge in [0.25, 0.3) is 0 Å². The van der Waals surface area contributed by atoms with Gasteiger partial charge in [-0.15, -0.1) is 0 Å². The maximum atomic E-state index is 12.4. The number of carbonyl (C=O) groups is 1. The zero-order valence-electron chi connectivity index (χ0n) is 11.5. The first-order chi connectivity index (χ1) is 9.83. The Labute approximate surface area is 118 Å². The van der Waals surface area contributed by atoms with E-state index < -0.39 is 5.92 Å². The van der Waals surface area contributed by atoms with Gasteiger partial charge < -0.3 is 10.1 Å². The molecule has 1 unspecified atom stereocenters. The van der Waals surface area contributed by atoms with Gasteiger partial charge in [-0.1, -0.05) is 36.4 Å². The third kappa shape index (κ3) is 3.65. The first kappa shape index (κ1) is 14.2. The highest BCUT2D eigenvalue weighted by molar-refractivity contribution is 5.86. The predicted octanol–water partition coefficient (Wildman–Crippen LogP) is 1.98. The van der Waals surface area contributed by atoms with E-state index in [1.807, 2.05) is 48.5 Å². The van der Waals surface area contributed by atoms with Crippen LogP contribution in [-0.4, -0.2) is 31.2 Å². The Morgan fingerprint density at radius 2 is 1.95 bits per heavy atom. The number of nitrogens with zero attached hydrogens (tertiary/aromatic N) is 1. The van der Waals surface area contributed by atoms with Crippen molar-refractivity contribution >= 4 is 5.91 Å². The summed E-state index contributed by atoms with van der Waals surface area (Å²) in [6.07, 6.45) is 1.70. The van der Waals surface area contributed by atoms with Crippen LogP contribution in [-0.2, 0) is 9.53 Å². The minimum atomic E-state index is -0.394. The van der Waals surface area contributed by atoms with Crippen LogP contribution in [0.1, 0.15) is 17.2 Å². The van der Waals surface area contributed by atoms with Gasteiger partial charge in [0, 0.05) is 19.9 Å². The number of hydrogen-bond acceptors (Lipinski definition) is 3. The molecule has 4 heteroatoms. The Hall–Kier alpha value is -2.20. The molecule has 0 spiro atoms. The fourth-order valence-corrected chi connectivity index (χ4v) is 2.03. The quantitative estimate of drug-likeness (QED) is 0.817. The molecule has 1 atom stereocenters. The summed E-state index contributed by atoms with van der Waals surface area (Å²) in [6, 6.07) is 15.3. The number of nitrogens with one attached hydrogen (secondary N) is 1. The zero-order chi connectivity index (χ0) is 14.2. The van der Waals surface area contributed by atoms with Gasteiger partial charge in [0.15, 0.2) is 0 Å². The molecule has 0 fully saturated rings. The summed E-state index contributed by atoms with van der Waals surface area (Å²) >= 11 is 0. The Balaban J connectivity index is 2.23. The van der Waals surface area contributed by atoms with Crippen LogP contribution in [0.15, 0.2) is 54.7 Å². The maximum absolute atomic E-state index is 12.4. The molecule has 1 aromatic heterocycles.